The van der Waals surface area contributed by atoms with Crippen molar-refractivity contribution in [3.63, 3.8) is 0 Å². The van der Waals surface area contributed by atoms with Gasteiger partial charge in [-0.15, -0.1) is 12.4 Å². The van der Waals surface area contributed by atoms with E-state index >= 15 is 0 Å². The first-order valence-electron chi connectivity index (χ1n) is 1.64. The van der Waals surface area contributed by atoms with Crippen LogP contribution in [0.25, 0.3) is 0 Å². The number of carbonyl (C=O) groups excluding carboxylic acids is 1. The first-order chi connectivity index (χ1) is 3.42. The molecule has 0 bridgehead atoms. The zero-order valence-electron chi connectivity index (χ0n) is 4.53. The van der Waals surface area contributed by atoms with Crippen LogP contribution in [0, 0.1) is 0 Å². The summed E-state index contributed by atoms with van der Waals surface area (Å²) in [6.45, 7) is 0.949. The molecule has 0 spiro atoms. The molecule has 0 radical (unpaired) electrons. The average molecular weight is 176 g/mol. The lowest BCUT2D eigenvalue weighted by molar-refractivity contribution is -0.131. The molecule has 0 atom stereocenters. The van der Waals surface area contributed by atoms with E-state index in [2.05, 4.69) is 9.32 Å². The van der Waals surface area contributed by atoms with Gasteiger partial charge in [0.15, 0.2) is 0 Å². The van der Waals surface area contributed by atoms with Crippen LogP contribution in [-0.2, 0) is 19.3 Å². The van der Waals surface area contributed by atoms with Gasteiger partial charge < -0.3 is 4.18 Å². The summed E-state index contributed by atoms with van der Waals surface area (Å²) in [5.41, 5.74) is 0. The standard InChI is InChI=1S/C2H5NO4S.ClH/c1-2(4)7-8(3,5)6;/h1H3,(H2,3,5,6);1H. The molecule has 2 N–H and O–H groups in total. The Bertz CT molecular complexity index is 185. The van der Waals surface area contributed by atoms with E-state index in [1.54, 1.807) is 0 Å². The highest BCUT2D eigenvalue weighted by atomic mass is 35.5. The third-order valence-corrected chi connectivity index (χ3v) is 0.701. The molecule has 0 aromatic carbocycles. The van der Waals surface area contributed by atoms with Crippen LogP contribution in [0.2, 0.25) is 0 Å². The van der Waals surface area contributed by atoms with Crippen molar-refractivity contribution in [2.45, 2.75) is 6.92 Å². The largest absolute Gasteiger partial charge is 0.382 e. The second-order valence-electron chi connectivity index (χ2n) is 1.07. The summed E-state index contributed by atoms with van der Waals surface area (Å²) in [4.78, 5) is 9.78. The fourth-order valence-corrected chi connectivity index (χ4v) is 0.491. The van der Waals surface area contributed by atoms with E-state index in [1.165, 1.54) is 0 Å². The van der Waals surface area contributed by atoms with Gasteiger partial charge in [0.05, 0.1) is 0 Å². The molecular weight excluding hydrogens is 170 g/mol. The maximum absolute atomic E-state index is 9.78. The first kappa shape index (κ1) is 11.5. The molecule has 0 aliphatic rings. The van der Waals surface area contributed by atoms with Crippen molar-refractivity contribution in [1.29, 1.82) is 0 Å². The molecule has 0 saturated carbocycles. The Morgan fingerprint density at radius 3 is 1.89 bits per heavy atom. The molecule has 0 aromatic rings. The lowest BCUT2D eigenvalue weighted by Gasteiger charge is -1.91. The molecular formula is C2H6ClNO4S. The van der Waals surface area contributed by atoms with E-state index in [-0.39, 0.29) is 12.4 Å². The predicted molar refractivity (Wildman–Crippen MR) is 32.1 cm³/mol. The van der Waals surface area contributed by atoms with Crippen LogP contribution >= 0.6 is 12.4 Å². The number of carbonyl (C=O) groups is 1. The van der Waals surface area contributed by atoms with Crippen molar-refractivity contribution in [2.75, 3.05) is 0 Å². The summed E-state index contributed by atoms with van der Waals surface area (Å²) in [5, 5.41) is 4.27. The number of rotatable bonds is 1. The Balaban J connectivity index is 0. The SMILES string of the molecule is CC(=O)OS(N)(=O)=O.Cl. The molecule has 0 aromatic heterocycles. The normalized spacial score (nSPS) is 9.56. The van der Waals surface area contributed by atoms with Gasteiger partial charge in [-0.3, -0.25) is 4.79 Å². The molecule has 56 valence electrons. The minimum absolute atomic E-state index is 0. The Morgan fingerprint density at radius 1 is 1.56 bits per heavy atom. The minimum atomic E-state index is -4.07. The lowest BCUT2D eigenvalue weighted by atomic mass is 10.9. The van der Waals surface area contributed by atoms with E-state index < -0.39 is 16.3 Å². The second kappa shape index (κ2) is 3.65. The maximum Gasteiger partial charge on any atom is 0.382 e. The van der Waals surface area contributed by atoms with Crippen molar-refractivity contribution >= 4 is 28.7 Å². The van der Waals surface area contributed by atoms with Crippen LogP contribution < -0.4 is 5.14 Å². The molecule has 5 nitrogen and oxygen atoms in total. The Hall–Kier alpha value is -0.330. The highest BCUT2D eigenvalue weighted by Crippen LogP contribution is 1.80. The highest BCUT2D eigenvalue weighted by molar-refractivity contribution is 7.84. The molecule has 0 saturated heterocycles. The highest BCUT2D eigenvalue weighted by Gasteiger charge is 2.03. The fourth-order valence-electron chi connectivity index (χ4n) is 0.164. The monoisotopic (exact) mass is 175 g/mol. The van der Waals surface area contributed by atoms with Crippen molar-refractivity contribution in [2.24, 2.45) is 5.14 Å². The Kier molecular flexibility index (Phi) is 4.65. The average Bonchev–Trinajstić information content (AvgIpc) is 1.21. The van der Waals surface area contributed by atoms with Gasteiger partial charge in [0.2, 0.25) is 0 Å². The molecule has 0 fully saturated rings. The summed E-state index contributed by atoms with van der Waals surface area (Å²) in [6, 6.07) is 0. The molecule has 0 heterocycles. The van der Waals surface area contributed by atoms with Gasteiger partial charge in [-0.05, 0) is 0 Å². The predicted octanol–water partition coefficient (Wildman–Crippen LogP) is -0.825. The van der Waals surface area contributed by atoms with Crippen molar-refractivity contribution in [3.05, 3.63) is 0 Å². The van der Waals surface area contributed by atoms with Gasteiger partial charge >= 0.3 is 16.3 Å². The fraction of sp³-hybridized carbons (Fsp3) is 0.500. The van der Waals surface area contributed by atoms with Crippen LogP contribution in [0.1, 0.15) is 6.92 Å². The molecule has 7 heteroatoms. The van der Waals surface area contributed by atoms with Crippen molar-refractivity contribution < 1.29 is 17.4 Å². The van der Waals surface area contributed by atoms with E-state index in [0.29, 0.717) is 0 Å². The van der Waals surface area contributed by atoms with Gasteiger partial charge in [0, 0.05) is 6.92 Å². The number of nitrogens with two attached hydrogens (primary N) is 1. The van der Waals surface area contributed by atoms with E-state index in [4.69, 9.17) is 0 Å². The summed E-state index contributed by atoms with van der Waals surface area (Å²) >= 11 is 0. The Morgan fingerprint density at radius 2 is 1.89 bits per heavy atom. The molecule has 0 aliphatic heterocycles. The van der Waals surface area contributed by atoms with Gasteiger partial charge in [-0.2, -0.15) is 13.6 Å². The minimum Gasteiger partial charge on any atom is -0.335 e. The smallest absolute Gasteiger partial charge is 0.335 e. The molecule has 0 amide bonds. The number of hydrogen-bond acceptors (Lipinski definition) is 4. The zero-order chi connectivity index (χ0) is 6.78. The summed E-state index contributed by atoms with van der Waals surface area (Å²) in [5.74, 6) is -0.937. The van der Waals surface area contributed by atoms with Crippen molar-refractivity contribution in [1.82, 2.24) is 0 Å². The third-order valence-electron chi connectivity index (χ3n) is 0.234. The molecule has 9 heavy (non-hydrogen) atoms. The molecule has 0 unspecified atom stereocenters. The quantitative estimate of drug-likeness (QED) is 0.564. The molecule has 0 rings (SSSR count). The summed E-state index contributed by atoms with van der Waals surface area (Å²) < 4.78 is 23.1. The number of halogens is 1. The first-order valence-corrected chi connectivity index (χ1v) is 3.12. The summed E-state index contributed by atoms with van der Waals surface area (Å²) in [7, 11) is -4.07. The van der Waals surface area contributed by atoms with Gasteiger partial charge in [0.25, 0.3) is 0 Å². The summed E-state index contributed by atoms with van der Waals surface area (Å²) in [6.07, 6.45) is 0. The van der Waals surface area contributed by atoms with Crippen LogP contribution in [0.15, 0.2) is 0 Å². The van der Waals surface area contributed by atoms with Crippen LogP contribution in [0.5, 0.6) is 0 Å². The van der Waals surface area contributed by atoms with Crippen LogP contribution in [-0.4, -0.2) is 14.4 Å². The molecule has 0 aliphatic carbocycles. The van der Waals surface area contributed by atoms with E-state index in [9.17, 15) is 13.2 Å². The van der Waals surface area contributed by atoms with Crippen LogP contribution in [0.4, 0.5) is 0 Å². The lowest BCUT2D eigenvalue weighted by Crippen LogP contribution is -2.18. The van der Waals surface area contributed by atoms with E-state index in [0.717, 1.165) is 6.92 Å². The van der Waals surface area contributed by atoms with Gasteiger partial charge in [0.1, 0.15) is 0 Å². The third kappa shape index (κ3) is 11.3. The second-order valence-corrected chi connectivity index (χ2v) is 2.22. The number of hydrogen-bond donors (Lipinski definition) is 1. The van der Waals surface area contributed by atoms with Crippen molar-refractivity contribution in [3.8, 4) is 0 Å². The zero-order valence-corrected chi connectivity index (χ0v) is 6.16. The van der Waals surface area contributed by atoms with E-state index in [1.807, 2.05) is 0 Å². The van der Waals surface area contributed by atoms with Crippen LogP contribution in [0.3, 0.4) is 0 Å². The van der Waals surface area contributed by atoms with Gasteiger partial charge in [-0.25, -0.2) is 0 Å². The topological polar surface area (TPSA) is 86.5 Å². The van der Waals surface area contributed by atoms with Gasteiger partial charge in [-0.1, -0.05) is 0 Å². The Labute approximate surface area is 58.8 Å². The maximum atomic E-state index is 9.78.